The molecule has 0 aromatic heterocycles. The molecule has 0 bridgehead atoms. The van der Waals surface area contributed by atoms with Crippen molar-refractivity contribution in [2.45, 2.75) is 48.8 Å². The summed E-state index contributed by atoms with van der Waals surface area (Å²) < 4.78 is 38.3. The lowest BCUT2D eigenvalue weighted by atomic mass is 9.89. The number of alkyl carbamates (subject to hydrolysis) is 1. The zero-order valence-electron chi connectivity index (χ0n) is 21.4. The maximum atomic E-state index is 13.1. The highest BCUT2D eigenvalue weighted by Gasteiger charge is 2.46. The van der Waals surface area contributed by atoms with Gasteiger partial charge in [-0.05, 0) is 42.3 Å². The van der Waals surface area contributed by atoms with Gasteiger partial charge in [0, 0.05) is 56.6 Å². The predicted octanol–water partition coefficient (Wildman–Crippen LogP) is 4.26. The number of piperidine rings is 1. The molecule has 1 N–H and O–H groups in total. The zero-order valence-corrected chi connectivity index (χ0v) is 23.8. The Bertz CT molecular complexity index is 1360. The van der Waals surface area contributed by atoms with E-state index in [0.717, 1.165) is 30.8 Å². The molecule has 2 aromatic rings. The highest BCUT2D eigenvalue weighted by molar-refractivity contribution is 7.89. The topological polar surface area (TPSA) is 110 Å². The van der Waals surface area contributed by atoms with E-state index in [2.05, 4.69) is 21.4 Å². The first-order chi connectivity index (χ1) is 18.7. The van der Waals surface area contributed by atoms with Crippen molar-refractivity contribution >= 4 is 45.2 Å². The van der Waals surface area contributed by atoms with Gasteiger partial charge in [-0.1, -0.05) is 40.5 Å². The van der Waals surface area contributed by atoms with Gasteiger partial charge in [0.25, 0.3) is 0 Å². The summed E-state index contributed by atoms with van der Waals surface area (Å²) in [5.41, 5.74) is 0.440. The molecule has 1 unspecified atom stereocenters. The van der Waals surface area contributed by atoms with Gasteiger partial charge in [-0.3, -0.25) is 4.90 Å². The van der Waals surface area contributed by atoms with Crippen molar-refractivity contribution in [2.75, 3.05) is 33.3 Å². The van der Waals surface area contributed by atoms with Gasteiger partial charge in [-0.25, -0.2) is 13.2 Å². The number of amides is 1. The van der Waals surface area contributed by atoms with Crippen molar-refractivity contribution in [1.82, 2.24) is 14.5 Å². The number of likely N-dealkylation sites (tertiary alicyclic amines) is 1. The molecule has 3 heterocycles. The van der Waals surface area contributed by atoms with Gasteiger partial charge in [0.1, 0.15) is 16.2 Å². The fraction of sp³-hybridized carbons (Fsp3) is 0.462. The molecule has 2 saturated heterocycles. The Morgan fingerprint density at radius 1 is 1.18 bits per heavy atom. The number of carbonyl (C=O) groups excluding carboxylic acids is 1. The Hall–Kier alpha value is -2.57. The molecule has 1 spiro atoms. The van der Waals surface area contributed by atoms with Gasteiger partial charge in [0.2, 0.25) is 15.9 Å². The van der Waals surface area contributed by atoms with Crippen LogP contribution in [-0.4, -0.2) is 74.5 Å². The number of halogens is 2. The van der Waals surface area contributed by atoms with Gasteiger partial charge in [0.05, 0.1) is 18.6 Å². The molecule has 10 nitrogen and oxygen atoms in total. The minimum Gasteiger partial charge on any atom is -0.497 e. The van der Waals surface area contributed by atoms with Gasteiger partial charge in [0.15, 0.2) is 0 Å². The minimum absolute atomic E-state index is 0.0223. The van der Waals surface area contributed by atoms with E-state index in [9.17, 15) is 13.2 Å². The number of nitrogens with one attached hydrogen (secondary N) is 1. The third-order valence-electron chi connectivity index (χ3n) is 7.30. The molecule has 2 fully saturated rings. The van der Waals surface area contributed by atoms with Crippen LogP contribution in [0.25, 0.3) is 0 Å². The van der Waals surface area contributed by atoms with Crippen LogP contribution in [0.5, 0.6) is 5.75 Å². The summed E-state index contributed by atoms with van der Waals surface area (Å²) in [6.07, 6.45) is 1.32. The molecule has 2 aromatic carbocycles. The average molecular weight is 598 g/mol. The Balaban J connectivity index is 1.08. The van der Waals surface area contributed by atoms with Crippen molar-refractivity contribution in [1.29, 1.82) is 0 Å². The molecular weight excluding hydrogens is 567 g/mol. The lowest BCUT2D eigenvalue weighted by Gasteiger charge is -2.36. The summed E-state index contributed by atoms with van der Waals surface area (Å²) in [5, 5.41) is 7.32. The van der Waals surface area contributed by atoms with E-state index in [1.54, 1.807) is 13.2 Å². The molecule has 3 aliphatic heterocycles. The Morgan fingerprint density at radius 3 is 2.74 bits per heavy atom. The highest BCUT2D eigenvalue weighted by atomic mass is 35.5. The van der Waals surface area contributed by atoms with E-state index in [-0.39, 0.29) is 34.9 Å². The Kier molecular flexibility index (Phi) is 8.25. The van der Waals surface area contributed by atoms with Gasteiger partial charge < -0.3 is 19.6 Å². The smallest absolute Gasteiger partial charge is 0.414 e. The van der Waals surface area contributed by atoms with Crippen molar-refractivity contribution in [3.63, 3.8) is 0 Å². The number of oxime groups is 1. The molecule has 210 valence electrons. The normalized spacial score (nSPS) is 21.4. The summed E-state index contributed by atoms with van der Waals surface area (Å²) in [5.74, 6) is 1.01. The van der Waals surface area contributed by atoms with Crippen LogP contribution in [0.15, 0.2) is 52.5 Å². The maximum Gasteiger partial charge on any atom is 0.414 e. The largest absolute Gasteiger partial charge is 0.497 e. The average Bonchev–Trinajstić information content (AvgIpc) is 3.52. The number of hydrogen-bond donors (Lipinski definition) is 1. The molecule has 0 radical (unpaired) electrons. The van der Waals surface area contributed by atoms with Gasteiger partial charge in [-0.2, -0.15) is 4.31 Å². The van der Waals surface area contributed by atoms with Gasteiger partial charge >= 0.3 is 6.09 Å². The first kappa shape index (κ1) is 28.0. The van der Waals surface area contributed by atoms with E-state index >= 15 is 0 Å². The number of hydrogen-bond acceptors (Lipinski definition) is 8. The van der Waals surface area contributed by atoms with Crippen molar-refractivity contribution < 1.29 is 27.5 Å². The molecule has 5 rings (SSSR count). The Labute approximate surface area is 237 Å². The molecule has 1 atom stereocenters. The lowest BCUT2D eigenvalue weighted by molar-refractivity contribution is -0.0506. The molecule has 1 amide bonds. The fourth-order valence-electron chi connectivity index (χ4n) is 5.18. The molecule has 0 saturated carbocycles. The second kappa shape index (κ2) is 11.5. The minimum atomic E-state index is -3.82. The summed E-state index contributed by atoms with van der Waals surface area (Å²) in [6.45, 7) is 2.76. The van der Waals surface area contributed by atoms with Crippen molar-refractivity contribution in [3.05, 3.63) is 58.1 Å². The SMILES string of the molecule is COc1cccc(CN2CCC(NC(=O)OC3=NOC4(CCN(S(=O)(=O)c5cc(Cl)ccc5Cl)CC4)C3)C2)c1. The standard InChI is InChI=1S/C26H30Cl2N4O6S/c1-36-21-4-2-3-18(13-21)16-31-10-7-20(17-31)29-25(33)37-24-15-26(38-30-24)8-11-32(12-9-26)39(34,35)23-14-19(27)5-6-22(23)28/h2-6,13-14,20H,7-12,15-17H2,1H3,(H,29,33). The predicted molar refractivity (Wildman–Crippen MR) is 147 cm³/mol. The van der Waals surface area contributed by atoms with Crippen molar-refractivity contribution in [2.24, 2.45) is 5.16 Å². The van der Waals surface area contributed by atoms with Crippen LogP contribution in [-0.2, 0) is 26.1 Å². The first-order valence-electron chi connectivity index (χ1n) is 12.7. The van der Waals surface area contributed by atoms with Gasteiger partial charge in [-0.15, -0.1) is 0 Å². The molecule has 3 aliphatic rings. The quantitative estimate of drug-likeness (QED) is 0.530. The molecule has 39 heavy (non-hydrogen) atoms. The number of rotatable bonds is 6. The van der Waals surface area contributed by atoms with Crippen molar-refractivity contribution in [3.8, 4) is 5.75 Å². The fourth-order valence-corrected chi connectivity index (χ4v) is 7.36. The second-order valence-electron chi connectivity index (χ2n) is 10.0. The van der Waals surface area contributed by atoms with E-state index < -0.39 is 21.7 Å². The Morgan fingerprint density at radius 2 is 1.97 bits per heavy atom. The number of sulfonamides is 1. The number of methoxy groups -OCH3 is 1. The third kappa shape index (κ3) is 6.44. The second-order valence-corrected chi connectivity index (χ2v) is 12.8. The summed E-state index contributed by atoms with van der Waals surface area (Å²) in [6, 6.07) is 12.3. The zero-order chi connectivity index (χ0) is 27.6. The monoisotopic (exact) mass is 596 g/mol. The number of benzene rings is 2. The van der Waals surface area contributed by atoms with Crippen LogP contribution in [0, 0.1) is 0 Å². The lowest BCUT2D eigenvalue weighted by Crippen LogP contribution is -2.47. The van der Waals surface area contributed by atoms with Crippen LogP contribution in [0.2, 0.25) is 10.0 Å². The van der Waals surface area contributed by atoms with E-state index in [1.165, 1.54) is 16.4 Å². The molecule has 13 heteroatoms. The summed E-state index contributed by atoms with van der Waals surface area (Å²) in [4.78, 5) is 20.5. The van der Waals surface area contributed by atoms with E-state index in [1.807, 2.05) is 18.2 Å². The molecule has 0 aliphatic carbocycles. The van der Waals surface area contributed by atoms with Crippen LogP contribution in [0.1, 0.15) is 31.2 Å². The third-order valence-corrected chi connectivity index (χ3v) is 9.92. The number of ether oxygens (including phenoxy) is 2. The van der Waals surface area contributed by atoms with E-state index in [4.69, 9.17) is 37.5 Å². The highest BCUT2D eigenvalue weighted by Crippen LogP contribution is 2.37. The van der Waals surface area contributed by atoms with E-state index in [0.29, 0.717) is 30.8 Å². The number of nitrogens with zero attached hydrogens (tertiary/aromatic N) is 3. The summed E-state index contributed by atoms with van der Waals surface area (Å²) in [7, 11) is -2.17. The van der Waals surface area contributed by atoms with Crippen LogP contribution >= 0.6 is 23.2 Å². The van der Waals surface area contributed by atoms with Crippen LogP contribution < -0.4 is 10.1 Å². The number of carbonyl (C=O) groups is 1. The first-order valence-corrected chi connectivity index (χ1v) is 14.9. The van der Waals surface area contributed by atoms with Crippen LogP contribution in [0.3, 0.4) is 0 Å². The van der Waals surface area contributed by atoms with Crippen LogP contribution in [0.4, 0.5) is 4.79 Å². The summed E-state index contributed by atoms with van der Waals surface area (Å²) >= 11 is 12.1. The maximum absolute atomic E-state index is 13.1. The molecular formula is C26H30Cl2N4O6S.